The molecule has 1 aromatic carbocycles. The van der Waals surface area contributed by atoms with Gasteiger partial charge in [-0.3, -0.25) is 4.79 Å². The number of hydrogen-bond acceptors (Lipinski definition) is 4. The molecule has 1 aliphatic heterocycles. The van der Waals surface area contributed by atoms with Gasteiger partial charge in [0.25, 0.3) is 0 Å². The van der Waals surface area contributed by atoms with Crippen molar-refractivity contribution in [2.75, 3.05) is 33.5 Å². The Labute approximate surface area is 119 Å². The molecule has 0 bridgehead atoms. The minimum absolute atomic E-state index is 0.0657. The molecular weight excluding hydrogens is 258 g/mol. The average Bonchev–Trinajstić information content (AvgIpc) is 2.49. The summed E-state index contributed by atoms with van der Waals surface area (Å²) in [6, 6.07) is 5.83. The van der Waals surface area contributed by atoms with Gasteiger partial charge in [-0.15, -0.1) is 0 Å². The van der Waals surface area contributed by atoms with Gasteiger partial charge in [0.15, 0.2) is 11.5 Å². The second-order valence-corrected chi connectivity index (χ2v) is 4.67. The Morgan fingerprint density at radius 1 is 1.30 bits per heavy atom. The zero-order valence-electron chi connectivity index (χ0n) is 11.8. The molecule has 0 radical (unpaired) electrons. The fraction of sp³-hybridized carbons (Fsp3) is 0.533. The largest absolute Gasteiger partial charge is 0.486 e. The number of aryl methyl sites for hydroxylation is 1. The van der Waals surface area contributed by atoms with Gasteiger partial charge in [-0.25, -0.2) is 0 Å². The van der Waals surface area contributed by atoms with E-state index in [1.54, 1.807) is 7.11 Å². The number of methoxy groups -OCH3 is 1. The van der Waals surface area contributed by atoms with E-state index in [0.29, 0.717) is 39.2 Å². The molecule has 5 nitrogen and oxygen atoms in total. The zero-order chi connectivity index (χ0) is 14.2. The lowest BCUT2D eigenvalue weighted by Gasteiger charge is -2.18. The highest BCUT2D eigenvalue weighted by molar-refractivity contribution is 5.76. The fourth-order valence-electron chi connectivity index (χ4n) is 2.03. The van der Waals surface area contributed by atoms with Gasteiger partial charge in [0.05, 0.1) is 0 Å². The maximum absolute atomic E-state index is 11.7. The summed E-state index contributed by atoms with van der Waals surface area (Å²) in [5.74, 6) is 1.62. The molecule has 1 aliphatic rings. The van der Waals surface area contributed by atoms with Crippen LogP contribution in [0.2, 0.25) is 0 Å². The van der Waals surface area contributed by atoms with Crippen molar-refractivity contribution in [3.8, 4) is 11.5 Å². The number of amides is 1. The number of carbonyl (C=O) groups excluding carboxylic acids is 1. The first-order valence-electron chi connectivity index (χ1n) is 6.94. The summed E-state index contributed by atoms with van der Waals surface area (Å²) < 4.78 is 15.9. The van der Waals surface area contributed by atoms with Gasteiger partial charge < -0.3 is 19.5 Å². The third-order valence-corrected chi connectivity index (χ3v) is 3.09. The molecule has 0 saturated heterocycles. The van der Waals surface area contributed by atoms with E-state index >= 15 is 0 Å². The lowest BCUT2D eigenvalue weighted by Crippen LogP contribution is -2.25. The number of fused-ring (bicyclic) bond motifs is 1. The van der Waals surface area contributed by atoms with Crippen LogP contribution < -0.4 is 14.8 Å². The topological polar surface area (TPSA) is 56.8 Å². The monoisotopic (exact) mass is 279 g/mol. The van der Waals surface area contributed by atoms with Gasteiger partial charge in [-0.2, -0.15) is 0 Å². The quantitative estimate of drug-likeness (QED) is 0.769. The predicted octanol–water partition coefficient (Wildman–Crippen LogP) is 1.54. The second-order valence-electron chi connectivity index (χ2n) is 4.67. The molecule has 2 rings (SSSR count). The van der Waals surface area contributed by atoms with Gasteiger partial charge in [0, 0.05) is 26.7 Å². The first-order valence-corrected chi connectivity index (χ1v) is 6.94. The zero-order valence-corrected chi connectivity index (χ0v) is 11.8. The number of benzene rings is 1. The van der Waals surface area contributed by atoms with Crippen LogP contribution in [0.1, 0.15) is 18.4 Å². The molecule has 20 heavy (non-hydrogen) atoms. The number of ether oxygens (including phenoxy) is 3. The van der Waals surface area contributed by atoms with Crippen molar-refractivity contribution in [1.82, 2.24) is 5.32 Å². The Hall–Kier alpha value is -1.75. The molecule has 0 saturated carbocycles. The Bertz CT molecular complexity index is 447. The van der Waals surface area contributed by atoms with E-state index in [1.165, 1.54) is 0 Å². The minimum atomic E-state index is 0.0657. The van der Waals surface area contributed by atoms with Gasteiger partial charge in [0.2, 0.25) is 5.91 Å². The van der Waals surface area contributed by atoms with Crippen LogP contribution in [-0.4, -0.2) is 39.4 Å². The Kier molecular flexibility index (Phi) is 5.68. The highest BCUT2D eigenvalue weighted by Crippen LogP contribution is 2.30. The lowest BCUT2D eigenvalue weighted by atomic mass is 10.1. The summed E-state index contributed by atoms with van der Waals surface area (Å²) in [5, 5.41) is 2.88. The molecule has 0 spiro atoms. The molecule has 5 heteroatoms. The summed E-state index contributed by atoms with van der Waals surface area (Å²) in [5.41, 5.74) is 1.08. The highest BCUT2D eigenvalue weighted by atomic mass is 16.6. The van der Waals surface area contributed by atoms with Crippen molar-refractivity contribution in [2.24, 2.45) is 0 Å². The predicted molar refractivity (Wildman–Crippen MR) is 75.3 cm³/mol. The van der Waals surface area contributed by atoms with Crippen molar-refractivity contribution < 1.29 is 19.0 Å². The van der Waals surface area contributed by atoms with E-state index in [0.717, 1.165) is 23.5 Å². The lowest BCUT2D eigenvalue weighted by molar-refractivity contribution is -0.121. The van der Waals surface area contributed by atoms with E-state index in [2.05, 4.69) is 5.32 Å². The van der Waals surface area contributed by atoms with E-state index in [-0.39, 0.29) is 5.91 Å². The summed E-state index contributed by atoms with van der Waals surface area (Å²) in [6.07, 6.45) is 2.02. The Balaban J connectivity index is 1.74. The van der Waals surface area contributed by atoms with E-state index < -0.39 is 0 Å². The third-order valence-electron chi connectivity index (χ3n) is 3.09. The Morgan fingerprint density at radius 2 is 2.10 bits per heavy atom. The second kappa shape index (κ2) is 7.75. The van der Waals surface area contributed by atoms with Crippen LogP contribution in [0.5, 0.6) is 11.5 Å². The molecule has 1 aromatic rings. The fourth-order valence-corrected chi connectivity index (χ4v) is 2.03. The maximum atomic E-state index is 11.7. The smallest absolute Gasteiger partial charge is 0.220 e. The SMILES string of the molecule is COCCCNC(=O)CCc1ccc2c(c1)OCCO2. The van der Waals surface area contributed by atoms with Crippen LogP contribution in [0.4, 0.5) is 0 Å². The van der Waals surface area contributed by atoms with Crippen LogP contribution in [0.25, 0.3) is 0 Å². The van der Waals surface area contributed by atoms with Gasteiger partial charge in [0.1, 0.15) is 13.2 Å². The van der Waals surface area contributed by atoms with Crippen LogP contribution in [0.3, 0.4) is 0 Å². The maximum Gasteiger partial charge on any atom is 0.220 e. The molecule has 0 fully saturated rings. The first kappa shape index (κ1) is 14.7. The van der Waals surface area contributed by atoms with Crippen molar-refractivity contribution >= 4 is 5.91 Å². The van der Waals surface area contributed by atoms with Crippen molar-refractivity contribution in [3.05, 3.63) is 23.8 Å². The van der Waals surface area contributed by atoms with Crippen LogP contribution >= 0.6 is 0 Å². The summed E-state index contributed by atoms with van der Waals surface area (Å²) >= 11 is 0. The van der Waals surface area contributed by atoms with Crippen LogP contribution in [0, 0.1) is 0 Å². The third kappa shape index (κ3) is 4.42. The van der Waals surface area contributed by atoms with Crippen LogP contribution in [-0.2, 0) is 16.0 Å². The van der Waals surface area contributed by atoms with Gasteiger partial charge >= 0.3 is 0 Å². The molecule has 0 atom stereocenters. The first-order chi connectivity index (χ1) is 9.79. The number of carbonyl (C=O) groups is 1. The van der Waals surface area contributed by atoms with E-state index in [4.69, 9.17) is 14.2 Å². The van der Waals surface area contributed by atoms with Crippen molar-refractivity contribution in [2.45, 2.75) is 19.3 Å². The molecule has 110 valence electrons. The van der Waals surface area contributed by atoms with E-state index in [1.807, 2.05) is 18.2 Å². The molecule has 0 aromatic heterocycles. The Morgan fingerprint density at radius 3 is 2.90 bits per heavy atom. The highest BCUT2D eigenvalue weighted by Gasteiger charge is 2.12. The van der Waals surface area contributed by atoms with Crippen LogP contribution in [0.15, 0.2) is 18.2 Å². The number of nitrogens with one attached hydrogen (secondary N) is 1. The van der Waals surface area contributed by atoms with Gasteiger partial charge in [-0.05, 0) is 30.5 Å². The minimum Gasteiger partial charge on any atom is -0.486 e. The molecule has 1 N–H and O–H groups in total. The number of rotatable bonds is 7. The summed E-state index contributed by atoms with van der Waals surface area (Å²) in [6.45, 7) is 2.50. The number of hydrogen-bond donors (Lipinski definition) is 1. The van der Waals surface area contributed by atoms with Gasteiger partial charge in [-0.1, -0.05) is 6.07 Å². The normalized spacial score (nSPS) is 13.1. The standard InChI is InChI=1S/C15H21NO4/c1-18-8-2-7-16-15(17)6-4-12-3-5-13-14(11-12)20-10-9-19-13/h3,5,11H,2,4,6-10H2,1H3,(H,16,17). The van der Waals surface area contributed by atoms with Crippen molar-refractivity contribution in [1.29, 1.82) is 0 Å². The molecular formula is C15H21NO4. The average molecular weight is 279 g/mol. The van der Waals surface area contributed by atoms with E-state index in [9.17, 15) is 4.79 Å². The van der Waals surface area contributed by atoms with Crippen molar-refractivity contribution in [3.63, 3.8) is 0 Å². The summed E-state index contributed by atoms with van der Waals surface area (Å²) in [4.78, 5) is 11.7. The molecule has 1 heterocycles. The molecule has 0 aliphatic carbocycles. The molecule has 1 amide bonds. The molecule has 0 unspecified atom stereocenters. The summed E-state index contributed by atoms with van der Waals surface area (Å²) in [7, 11) is 1.66.